The second-order valence-corrected chi connectivity index (χ2v) is 7.15. The maximum Gasteiger partial charge on any atom is 0.155 e. The maximum absolute atomic E-state index is 13.4. The zero-order valence-electron chi connectivity index (χ0n) is 9.03. The molecule has 2 atom stereocenters. The van der Waals surface area contributed by atoms with Crippen LogP contribution in [0.5, 0.6) is 0 Å². The smallest absolute Gasteiger partial charge is 0.155 e. The number of hydrogen-bond donors (Lipinski definition) is 2. The van der Waals surface area contributed by atoms with Crippen molar-refractivity contribution in [2.24, 2.45) is 0 Å². The molecule has 18 heavy (non-hydrogen) atoms. The van der Waals surface area contributed by atoms with E-state index in [9.17, 15) is 22.3 Å². The van der Waals surface area contributed by atoms with Gasteiger partial charge in [-0.25, -0.2) is 17.2 Å². The molecular formula is C10H10BrF2NO3S. The predicted molar refractivity (Wildman–Crippen MR) is 66.1 cm³/mol. The van der Waals surface area contributed by atoms with Crippen molar-refractivity contribution in [3.05, 3.63) is 28.2 Å². The lowest BCUT2D eigenvalue weighted by atomic mass is 10.2. The Kier molecular flexibility index (Phi) is 3.61. The Balaban J connectivity index is 2.23. The van der Waals surface area contributed by atoms with Crippen molar-refractivity contribution in [3.8, 4) is 0 Å². The maximum atomic E-state index is 13.4. The topological polar surface area (TPSA) is 66.4 Å². The van der Waals surface area contributed by atoms with Crippen LogP contribution < -0.4 is 5.32 Å². The van der Waals surface area contributed by atoms with Crippen molar-refractivity contribution < 1.29 is 22.3 Å². The van der Waals surface area contributed by atoms with Crippen LogP contribution in [0.3, 0.4) is 0 Å². The summed E-state index contributed by atoms with van der Waals surface area (Å²) in [6.07, 6.45) is -1.10. The minimum Gasteiger partial charge on any atom is -0.390 e. The number of rotatable bonds is 2. The third kappa shape index (κ3) is 2.81. The first-order valence-electron chi connectivity index (χ1n) is 5.08. The normalized spacial score (nSPS) is 26.2. The monoisotopic (exact) mass is 341 g/mol. The van der Waals surface area contributed by atoms with Crippen molar-refractivity contribution in [2.75, 3.05) is 16.8 Å². The van der Waals surface area contributed by atoms with Crippen molar-refractivity contribution in [3.63, 3.8) is 0 Å². The molecule has 100 valence electrons. The molecule has 8 heteroatoms. The summed E-state index contributed by atoms with van der Waals surface area (Å²) in [6.45, 7) is 0. The van der Waals surface area contributed by atoms with Gasteiger partial charge in [-0.3, -0.25) is 0 Å². The molecule has 0 spiro atoms. The zero-order valence-corrected chi connectivity index (χ0v) is 11.4. The lowest BCUT2D eigenvalue weighted by Crippen LogP contribution is -2.32. The minimum absolute atomic E-state index is 0.0515. The molecule has 1 aliphatic heterocycles. The van der Waals surface area contributed by atoms with E-state index in [2.05, 4.69) is 21.2 Å². The summed E-state index contributed by atoms with van der Waals surface area (Å²) in [4.78, 5) is 0. The van der Waals surface area contributed by atoms with E-state index in [0.717, 1.165) is 0 Å². The number of aliphatic hydroxyl groups is 1. The molecule has 0 radical (unpaired) electrons. The van der Waals surface area contributed by atoms with Crippen LogP contribution in [0.15, 0.2) is 16.6 Å². The average Bonchev–Trinajstić information content (AvgIpc) is 2.48. The van der Waals surface area contributed by atoms with Gasteiger partial charge in [0.25, 0.3) is 0 Å². The van der Waals surface area contributed by atoms with Crippen LogP contribution in [-0.2, 0) is 9.84 Å². The summed E-state index contributed by atoms with van der Waals surface area (Å²) in [5.74, 6) is -2.22. The highest BCUT2D eigenvalue weighted by Crippen LogP contribution is 2.26. The number of sulfone groups is 1. The fourth-order valence-electron chi connectivity index (χ4n) is 1.80. The van der Waals surface area contributed by atoms with Crippen molar-refractivity contribution in [1.82, 2.24) is 0 Å². The number of nitrogens with one attached hydrogen (secondary N) is 1. The quantitative estimate of drug-likeness (QED) is 0.795. The highest BCUT2D eigenvalue weighted by Gasteiger charge is 2.36. The van der Waals surface area contributed by atoms with E-state index in [-0.39, 0.29) is 21.7 Å². The van der Waals surface area contributed by atoms with Gasteiger partial charge in [-0.15, -0.1) is 0 Å². The largest absolute Gasteiger partial charge is 0.390 e. The van der Waals surface area contributed by atoms with Crippen LogP contribution in [0, 0.1) is 11.6 Å². The molecule has 2 N–H and O–H groups in total. The van der Waals surface area contributed by atoms with E-state index in [0.29, 0.717) is 6.07 Å². The Bertz CT molecular complexity index is 579. The fourth-order valence-corrected chi connectivity index (χ4v) is 3.88. The molecule has 1 heterocycles. The fraction of sp³-hybridized carbons (Fsp3) is 0.400. The molecule has 4 nitrogen and oxygen atoms in total. The highest BCUT2D eigenvalue weighted by atomic mass is 79.9. The Morgan fingerprint density at radius 3 is 2.50 bits per heavy atom. The molecule has 0 amide bonds. The van der Waals surface area contributed by atoms with Crippen LogP contribution in [-0.4, -0.2) is 37.2 Å². The third-order valence-electron chi connectivity index (χ3n) is 2.67. The summed E-state index contributed by atoms with van der Waals surface area (Å²) in [7, 11) is -3.32. The first-order chi connectivity index (χ1) is 8.28. The van der Waals surface area contributed by atoms with Gasteiger partial charge in [0.15, 0.2) is 9.84 Å². The molecule has 2 unspecified atom stereocenters. The van der Waals surface area contributed by atoms with E-state index in [1.165, 1.54) is 6.07 Å². The van der Waals surface area contributed by atoms with Gasteiger partial charge >= 0.3 is 0 Å². The molecule has 1 aromatic carbocycles. The number of anilines is 1. The van der Waals surface area contributed by atoms with E-state index >= 15 is 0 Å². The molecule has 1 fully saturated rings. The van der Waals surface area contributed by atoms with Gasteiger partial charge in [0.2, 0.25) is 0 Å². The second kappa shape index (κ2) is 4.75. The van der Waals surface area contributed by atoms with Gasteiger partial charge in [-0.1, -0.05) is 0 Å². The van der Waals surface area contributed by atoms with Crippen molar-refractivity contribution >= 4 is 31.5 Å². The Labute approximate surface area is 111 Å². The van der Waals surface area contributed by atoms with E-state index in [1.807, 2.05) is 0 Å². The van der Waals surface area contributed by atoms with E-state index < -0.39 is 33.6 Å². The summed E-state index contributed by atoms with van der Waals surface area (Å²) in [5.41, 5.74) is -0.0515. The van der Waals surface area contributed by atoms with Gasteiger partial charge in [-0.05, 0) is 22.0 Å². The lowest BCUT2D eigenvalue weighted by molar-refractivity contribution is 0.190. The van der Waals surface area contributed by atoms with Gasteiger partial charge in [0.05, 0.1) is 33.8 Å². The predicted octanol–water partition coefficient (Wildman–Crippen LogP) is 1.30. The van der Waals surface area contributed by atoms with Crippen LogP contribution in [0.2, 0.25) is 0 Å². The Hall–Kier alpha value is -0.730. The molecule has 2 rings (SSSR count). The molecule has 1 aromatic rings. The van der Waals surface area contributed by atoms with Crippen LogP contribution in [0.25, 0.3) is 0 Å². The van der Waals surface area contributed by atoms with Crippen LogP contribution in [0.4, 0.5) is 14.5 Å². The molecule has 1 aliphatic rings. The summed E-state index contributed by atoms with van der Waals surface area (Å²) in [5, 5.41) is 12.1. The van der Waals surface area contributed by atoms with Gasteiger partial charge in [-0.2, -0.15) is 0 Å². The number of halogens is 3. The van der Waals surface area contributed by atoms with E-state index in [4.69, 9.17) is 0 Å². The van der Waals surface area contributed by atoms with Gasteiger partial charge < -0.3 is 10.4 Å². The minimum atomic E-state index is -3.32. The molecule has 0 aromatic heterocycles. The summed E-state index contributed by atoms with van der Waals surface area (Å²) in [6, 6.07) is 1.06. The third-order valence-corrected chi connectivity index (χ3v) is 5.00. The number of aliphatic hydroxyl groups excluding tert-OH is 1. The molecular weight excluding hydrogens is 332 g/mol. The second-order valence-electron chi connectivity index (χ2n) is 4.14. The molecule has 0 aliphatic carbocycles. The molecule has 0 saturated carbocycles. The zero-order chi connectivity index (χ0) is 13.5. The first-order valence-corrected chi connectivity index (χ1v) is 7.69. The summed E-state index contributed by atoms with van der Waals surface area (Å²) >= 11 is 2.90. The molecule has 0 bridgehead atoms. The van der Waals surface area contributed by atoms with E-state index in [1.54, 1.807) is 0 Å². The summed E-state index contributed by atoms with van der Waals surface area (Å²) < 4.78 is 49.1. The highest BCUT2D eigenvalue weighted by molar-refractivity contribution is 9.10. The number of benzene rings is 1. The lowest BCUT2D eigenvalue weighted by Gasteiger charge is -2.17. The SMILES string of the molecule is O=S1(=O)CC(O)C(Nc2cc(Br)c(F)cc2F)C1. The van der Waals surface area contributed by atoms with Gasteiger partial charge in [0, 0.05) is 6.07 Å². The van der Waals surface area contributed by atoms with Crippen LogP contribution >= 0.6 is 15.9 Å². The average molecular weight is 342 g/mol. The Morgan fingerprint density at radius 2 is 1.94 bits per heavy atom. The van der Waals surface area contributed by atoms with Crippen molar-refractivity contribution in [2.45, 2.75) is 12.1 Å². The van der Waals surface area contributed by atoms with Crippen LogP contribution in [0.1, 0.15) is 0 Å². The van der Waals surface area contributed by atoms with Gasteiger partial charge in [0.1, 0.15) is 11.6 Å². The Morgan fingerprint density at radius 1 is 1.28 bits per heavy atom. The molecule has 1 saturated heterocycles. The number of hydrogen-bond acceptors (Lipinski definition) is 4. The van der Waals surface area contributed by atoms with Crippen molar-refractivity contribution in [1.29, 1.82) is 0 Å². The first kappa shape index (κ1) is 13.7. The standard InChI is InChI=1S/C10H10BrF2NO3S/c11-5-1-8(7(13)2-6(5)12)14-9-3-18(16,17)4-10(9)15/h1-2,9-10,14-15H,3-4H2.